The summed E-state index contributed by atoms with van der Waals surface area (Å²) in [5.41, 5.74) is 1.23. The summed E-state index contributed by atoms with van der Waals surface area (Å²) in [4.78, 5) is 10.8. The first-order valence-electron chi connectivity index (χ1n) is 4.03. The van der Waals surface area contributed by atoms with Crippen LogP contribution in [0.5, 0.6) is 0 Å². The Hall–Kier alpha value is -0.820. The summed E-state index contributed by atoms with van der Waals surface area (Å²) in [6.45, 7) is 0. The van der Waals surface area contributed by atoms with E-state index in [-0.39, 0.29) is 11.2 Å². The summed E-state index contributed by atoms with van der Waals surface area (Å²) in [7, 11) is 0. The van der Waals surface area contributed by atoms with Crippen molar-refractivity contribution >= 4 is 16.8 Å². The molecule has 1 saturated carbocycles. The predicted octanol–water partition coefficient (Wildman–Crippen LogP) is 2.56. The molecule has 2 rings (SSSR count). The van der Waals surface area contributed by atoms with Crippen LogP contribution in [0.4, 0.5) is 0 Å². The first kappa shape index (κ1) is 7.81. The minimum Gasteiger partial charge on any atom is -0.281 e. The quantitative estimate of drug-likeness (QED) is 0.640. The molecule has 1 aromatic rings. The first-order chi connectivity index (χ1) is 5.79. The number of carbonyl (C=O) groups is 1. The van der Waals surface area contributed by atoms with Crippen LogP contribution in [0.2, 0.25) is 0 Å². The fourth-order valence-corrected chi connectivity index (χ4v) is 1.76. The van der Waals surface area contributed by atoms with E-state index < -0.39 is 0 Å². The van der Waals surface area contributed by atoms with E-state index in [0.29, 0.717) is 5.92 Å². The van der Waals surface area contributed by atoms with Gasteiger partial charge < -0.3 is 0 Å². The number of rotatable bonds is 2. The van der Waals surface area contributed by atoms with Crippen molar-refractivity contribution in [1.29, 1.82) is 0 Å². The monoisotopic (exact) mass is 180 g/mol. The molecule has 2 atom stereocenters. The SMILES string of the molecule is O=C(Cl)C1C[C@H]1c1ccccc1. The summed E-state index contributed by atoms with van der Waals surface area (Å²) in [6.07, 6.45) is 0.923. The van der Waals surface area contributed by atoms with Gasteiger partial charge in [-0.25, -0.2) is 0 Å². The molecule has 0 aliphatic heterocycles. The van der Waals surface area contributed by atoms with Crippen molar-refractivity contribution in [2.24, 2.45) is 5.92 Å². The van der Waals surface area contributed by atoms with Crippen LogP contribution in [0, 0.1) is 5.92 Å². The topological polar surface area (TPSA) is 17.1 Å². The number of carbonyl (C=O) groups excluding carboxylic acids is 1. The van der Waals surface area contributed by atoms with Crippen LogP contribution in [-0.2, 0) is 4.79 Å². The van der Waals surface area contributed by atoms with E-state index in [1.54, 1.807) is 0 Å². The minimum absolute atomic E-state index is 0.0778. The van der Waals surface area contributed by atoms with Gasteiger partial charge in [0, 0.05) is 5.92 Å². The third-order valence-electron chi connectivity index (χ3n) is 2.31. The fraction of sp³-hybridized carbons (Fsp3) is 0.300. The van der Waals surface area contributed by atoms with E-state index in [1.165, 1.54) is 5.56 Å². The van der Waals surface area contributed by atoms with Gasteiger partial charge in [-0.3, -0.25) is 4.79 Å². The summed E-state index contributed by atoms with van der Waals surface area (Å²) in [5.74, 6) is 0.463. The Labute approximate surface area is 76.4 Å². The number of hydrogen-bond acceptors (Lipinski definition) is 1. The molecule has 0 radical (unpaired) electrons. The van der Waals surface area contributed by atoms with Crippen LogP contribution < -0.4 is 0 Å². The van der Waals surface area contributed by atoms with Crippen LogP contribution in [0.25, 0.3) is 0 Å². The van der Waals surface area contributed by atoms with Crippen molar-refractivity contribution in [2.45, 2.75) is 12.3 Å². The minimum atomic E-state index is -0.191. The summed E-state index contributed by atoms with van der Waals surface area (Å²) in [5, 5.41) is -0.191. The average molecular weight is 181 g/mol. The largest absolute Gasteiger partial charge is 0.281 e. The van der Waals surface area contributed by atoms with Crippen LogP contribution in [0.15, 0.2) is 30.3 Å². The molecule has 1 fully saturated rings. The Balaban J connectivity index is 2.11. The lowest BCUT2D eigenvalue weighted by Gasteiger charge is -1.95. The smallest absolute Gasteiger partial charge is 0.225 e. The van der Waals surface area contributed by atoms with Crippen molar-refractivity contribution in [1.82, 2.24) is 0 Å². The van der Waals surface area contributed by atoms with Crippen LogP contribution >= 0.6 is 11.6 Å². The molecule has 0 saturated heterocycles. The van der Waals surface area contributed by atoms with E-state index in [0.717, 1.165) is 6.42 Å². The van der Waals surface area contributed by atoms with Crippen molar-refractivity contribution < 1.29 is 4.79 Å². The number of benzene rings is 1. The Morgan fingerprint density at radius 1 is 1.33 bits per heavy atom. The Kier molecular flexibility index (Phi) is 1.89. The molecule has 1 aliphatic rings. The van der Waals surface area contributed by atoms with Gasteiger partial charge in [-0.05, 0) is 29.5 Å². The van der Waals surface area contributed by atoms with Crippen molar-refractivity contribution in [3.05, 3.63) is 35.9 Å². The molecule has 0 spiro atoms. The summed E-state index contributed by atoms with van der Waals surface area (Å²) < 4.78 is 0. The van der Waals surface area contributed by atoms with Crippen molar-refractivity contribution in [2.75, 3.05) is 0 Å². The van der Waals surface area contributed by atoms with Gasteiger partial charge in [-0.1, -0.05) is 30.3 Å². The third-order valence-corrected chi connectivity index (χ3v) is 2.59. The molecule has 1 aliphatic carbocycles. The summed E-state index contributed by atoms with van der Waals surface area (Å²) in [6, 6.07) is 10.0. The van der Waals surface area contributed by atoms with E-state index in [9.17, 15) is 4.79 Å². The fourth-order valence-electron chi connectivity index (χ4n) is 1.51. The second-order valence-corrected chi connectivity index (χ2v) is 3.54. The molecule has 62 valence electrons. The molecule has 1 unspecified atom stereocenters. The Morgan fingerprint density at radius 2 is 2.00 bits per heavy atom. The van der Waals surface area contributed by atoms with Gasteiger partial charge in [0.15, 0.2) is 0 Å². The first-order valence-corrected chi connectivity index (χ1v) is 4.41. The van der Waals surface area contributed by atoms with Gasteiger partial charge in [0.05, 0.1) is 0 Å². The molecular weight excluding hydrogens is 172 g/mol. The standard InChI is InChI=1S/C10H9ClO/c11-10(12)9-6-8(9)7-4-2-1-3-5-7/h1-5,8-9H,6H2/t8-,9?/m0/s1. The Morgan fingerprint density at radius 3 is 2.50 bits per heavy atom. The molecule has 1 aromatic carbocycles. The van der Waals surface area contributed by atoms with E-state index in [2.05, 4.69) is 0 Å². The molecule has 12 heavy (non-hydrogen) atoms. The lowest BCUT2D eigenvalue weighted by molar-refractivity contribution is -0.112. The van der Waals surface area contributed by atoms with Crippen LogP contribution in [-0.4, -0.2) is 5.24 Å². The molecule has 0 N–H and O–H groups in total. The molecule has 0 heterocycles. The summed E-state index contributed by atoms with van der Waals surface area (Å²) >= 11 is 5.38. The van der Waals surface area contributed by atoms with Gasteiger partial charge in [0.25, 0.3) is 0 Å². The van der Waals surface area contributed by atoms with Crippen molar-refractivity contribution in [3.8, 4) is 0 Å². The van der Waals surface area contributed by atoms with Gasteiger partial charge >= 0.3 is 0 Å². The lowest BCUT2D eigenvalue weighted by Crippen LogP contribution is -1.90. The highest BCUT2D eigenvalue weighted by atomic mass is 35.5. The molecule has 2 heteroatoms. The third kappa shape index (κ3) is 1.37. The highest BCUT2D eigenvalue weighted by Crippen LogP contribution is 2.48. The second-order valence-electron chi connectivity index (χ2n) is 3.16. The zero-order valence-electron chi connectivity index (χ0n) is 6.53. The van der Waals surface area contributed by atoms with Gasteiger partial charge in [0.1, 0.15) is 0 Å². The molecule has 0 bridgehead atoms. The van der Waals surface area contributed by atoms with Gasteiger partial charge in [-0.15, -0.1) is 0 Å². The number of hydrogen-bond donors (Lipinski definition) is 0. The normalized spacial score (nSPS) is 26.8. The predicted molar refractivity (Wildman–Crippen MR) is 48.2 cm³/mol. The molecule has 1 nitrogen and oxygen atoms in total. The Bertz CT molecular complexity index is 294. The van der Waals surface area contributed by atoms with E-state index in [4.69, 9.17) is 11.6 Å². The zero-order valence-corrected chi connectivity index (χ0v) is 7.29. The van der Waals surface area contributed by atoms with Crippen LogP contribution in [0.3, 0.4) is 0 Å². The van der Waals surface area contributed by atoms with Gasteiger partial charge in [0.2, 0.25) is 5.24 Å². The molecular formula is C10H9ClO. The molecule has 0 aromatic heterocycles. The van der Waals surface area contributed by atoms with Gasteiger partial charge in [-0.2, -0.15) is 0 Å². The van der Waals surface area contributed by atoms with Crippen molar-refractivity contribution in [3.63, 3.8) is 0 Å². The molecule has 0 amide bonds. The maximum absolute atomic E-state index is 10.8. The van der Waals surface area contributed by atoms with E-state index >= 15 is 0 Å². The number of halogens is 1. The highest BCUT2D eigenvalue weighted by molar-refractivity contribution is 6.64. The second kappa shape index (κ2) is 2.91. The highest BCUT2D eigenvalue weighted by Gasteiger charge is 2.42. The lowest BCUT2D eigenvalue weighted by atomic mass is 10.1. The van der Waals surface area contributed by atoms with Crippen LogP contribution in [0.1, 0.15) is 17.9 Å². The average Bonchev–Trinajstić information content (AvgIpc) is 2.84. The zero-order chi connectivity index (χ0) is 8.55. The maximum Gasteiger partial charge on any atom is 0.225 e. The maximum atomic E-state index is 10.8. The van der Waals surface area contributed by atoms with E-state index in [1.807, 2.05) is 30.3 Å².